The fourth-order valence-corrected chi connectivity index (χ4v) is 7.94. The van der Waals surface area contributed by atoms with Crippen LogP contribution in [0.5, 0.6) is 0 Å². The molecule has 1 nitrogen and oxygen atoms in total. The Morgan fingerprint density at radius 3 is 2.83 bits per heavy atom. The molecule has 1 aromatic rings. The second-order valence-electron chi connectivity index (χ2n) is 5.54. The first kappa shape index (κ1) is 12.8. The second kappa shape index (κ2) is 4.43. The van der Waals surface area contributed by atoms with E-state index in [0.29, 0.717) is 11.2 Å². The van der Waals surface area contributed by atoms with E-state index >= 15 is 0 Å². The van der Waals surface area contributed by atoms with Crippen molar-refractivity contribution in [3.8, 4) is 0 Å². The van der Waals surface area contributed by atoms with Gasteiger partial charge in [0.15, 0.2) is 17.6 Å². The smallest absolute Gasteiger partial charge is 0.253 e. The van der Waals surface area contributed by atoms with Gasteiger partial charge < -0.3 is 5.32 Å². The maximum absolute atomic E-state index is 3.72. The first-order valence-corrected chi connectivity index (χ1v) is 9.59. The molecule has 3 rings (SSSR count). The first-order chi connectivity index (χ1) is 8.53. The second-order valence-corrected chi connectivity index (χ2v) is 9.03. The van der Waals surface area contributed by atoms with Crippen LogP contribution in [0.2, 0.25) is 0 Å². The molecular formula is C14H18NS3+. The lowest BCUT2D eigenvalue weighted by molar-refractivity contribution is 0.507. The Balaban J connectivity index is 2.18. The molecule has 1 aromatic carbocycles. The summed E-state index contributed by atoms with van der Waals surface area (Å²) in [6.07, 6.45) is 2.20. The fraction of sp³-hybridized carbons (Fsp3) is 0.500. The van der Waals surface area contributed by atoms with Gasteiger partial charge in [-0.1, -0.05) is 28.5 Å². The highest BCUT2D eigenvalue weighted by atomic mass is 33.1. The number of hydrogen-bond donors (Lipinski definition) is 1. The number of nitrogens with one attached hydrogen (secondary N) is 1. The van der Waals surface area contributed by atoms with E-state index in [9.17, 15) is 0 Å². The average Bonchev–Trinajstić information content (AvgIpc) is 2.75. The molecule has 1 fully saturated rings. The van der Waals surface area contributed by atoms with Crippen LogP contribution in [0.25, 0.3) is 0 Å². The minimum Gasteiger partial charge on any atom is -0.379 e. The molecule has 2 aliphatic heterocycles. The molecule has 0 spiro atoms. The number of aryl methyl sites for hydroxylation is 1. The highest BCUT2D eigenvalue weighted by molar-refractivity contribution is 8.84. The molecular weight excluding hydrogens is 278 g/mol. The van der Waals surface area contributed by atoms with Crippen LogP contribution >= 0.6 is 21.6 Å². The van der Waals surface area contributed by atoms with Crippen molar-refractivity contribution in [2.45, 2.75) is 37.5 Å². The lowest BCUT2D eigenvalue weighted by Gasteiger charge is -2.41. The van der Waals surface area contributed by atoms with Crippen molar-refractivity contribution in [3.63, 3.8) is 0 Å². The highest BCUT2D eigenvalue weighted by Crippen LogP contribution is 2.56. The Morgan fingerprint density at radius 2 is 2.11 bits per heavy atom. The predicted molar refractivity (Wildman–Crippen MR) is 88.9 cm³/mol. The maximum Gasteiger partial charge on any atom is 0.253 e. The number of fused-ring (bicyclic) bond motifs is 3. The van der Waals surface area contributed by atoms with Crippen molar-refractivity contribution in [3.05, 3.63) is 29.3 Å². The van der Waals surface area contributed by atoms with Gasteiger partial charge in [0.1, 0.15) is 0 Å². The van der Waals surface area contributed by atoms with Gasteiger partial charge in [-0.15, -0.1) is 0 Å². The van der Waals surface area contributed by atoms with E-state index in [4.69, 9.17) is 0 Å². The molecule has 0 bridgehead atoms. The Labute approximate surface area is 121 Å². The summed E-state index contributed by atoms with van der Waals surface area (Å²) in [6.45, 7) is 6.83. The van der Waals surface area contributed by atoms with Crippen molar-refractivity contribution in [1.29, 1.82) is 0 Å². The Bertz CT molecular complexity index is 522. The van der Waals surface area contributed by atoms with Gasteiger partial charge in [0.25, 0.3) is 4.20 Å². The van der Waals surface area contributed by atoms with Gasteiger partial charge >= 0.3 is 0 Å². The summed E-state index contributed by atoms with van der Waals surface area (Å²) < 4.78 is 1.56. The zero-order valence-electron chi connectivity index (χ0n) is 11.1. The molecule has 0 radical (unpaired) electrons. The largest absolute Gasteiger partial charge is 0.379 e. The van der Waals surface area contributed by atoms with Gasteiger partial charge in [-0.05, 0) is 32.4 Å². The van der Waals surface area contributed by atoms with Crippen LogP contribution in [0.1, 0.15) is 30.9 Å². The predicted octanol–water partition coefficient (Wildman–Crippen LogP) is 3.89. The summed E-state index contributed by atoms with van der Waals surface area (Å²) in [5.41, 5.74) is 4.32. The SMILES string of the molecule is C[S+]=C1SS[C@H]2[C@H]1c1cc(C)ccc1NC2(C)C. The van der Waals surface area contributed by atoms with Crippen LogP contribution in [0.15, 0.2) is 18.2 Å². The van der Waals surface area contributed by atoms with Gasteiger partial charge in [-0.25, -0.2) is 0 Å². The molecule has 4 heteroatoms. The molecule has 96 valence electrons. The normalized spacial score (nSPS) is 30.8. The topological polar surface area (TPSA) is 12.0 Å². The summed E-state index contributed by atoms with van der Waals surface area (Å²) in [7, 11) is 4.01. The quantitative estimate of drug-likeness (QED) is 0.443. The van der Waals surface area contributed by atoms with Gasteiger partial charge in [0.05, 0.1) is 11.2 Å². The molecule has 0 amide bonds. The van der Waals surface area contributed by atoms with E-state index in [1.165, 1.54) is 16.8 Å². The van der Waals surface area contributed by atoms with E-state index in [0.717, 1.165) is 0 Å². The zero-order chi connectivity index (χ0) is 12.9. The third-order valence-corrected chi connectivity index (χ3v) is 8.46. The van der Waals surface area contributed by atoms with Gasteiger partial charge in [0.2, 0.25) is 0 Å². The minimum atomic E-state index is 0.155. The molecule has 2 atom stereocenters. The Morgan fingerprint density at radius 1 is 1.33 bits per heavy atom. The maximum atomic E-state index is 3.72. The first-order valence-electron chi connectivity index (χ1n) is 6.16. The summed E-state index contributed by atoms with van der Waals surface area (Å²) in [5.74, 6) is 0.584. The molecule has 18 heavy (non-hydrogen) atoms. The van der Waals surface area contributed by atoms with Crippen LogP contribution < -0.4 is 5.32 Å². The third-order valence-electron chi connectivity index (χ3n) is 3.70. The van der Waals surface area contributed by atoms with Gasteiger partial charge in [-0.2, -0.15) is 0 Å². The van der Waals surface area contributed by atoms with E-state index < -0.39 is 0 Å². The Hall–Kier alpha value is -0.190. The van der Waals surface area contributed by atoms with Crippen LogP contribution in [-0.2, 0) is 11.4 Å². The average molecular weight is 297 g/mol. The van der Waals surface area contributed by atoms with E-state index in [2.05, 4.69) is 50.5 Å². The summed E-state index contributed by atoms with van der Waals surface area (Å²) in [5, 5.41) is 4.35. The molecule has 2 aliphatic rings. The molecule has 1 saturated heterocycles. The van der Waals surface area contributed by atoms with Gasteiger partial charge in [0, 0.05) is 22.0 Å². The van der Waals surface area contributed by atoms with Crippen LogP contribution in [0, 0.1) is 6.92 Å². The van der Waals surface area contributed by atoms with Gasteiger partial charge in [-0.3, -0.25) is 0 Å². The zero-order valence-corrected chi connectivity index (χ0v) is 13.6. The Kier molecular flexibility index (Phi) is 3.15. The van der Waals surface area contributed by atoms with Crippen LogP contribution in [0.3, 0.4) is 0 Å². The lowest BCUT2D eigenvalue weighted by atomic mass is 9.80. The summed E-state index contributed by atoms with van der Waals surface area (Å²) >= 11 is 1.92. The van der Waals surface area contributed by atoms with Crippen molar-refractivity contribution < 1.29 is 0 Å². The number of rotatable bonds is 0. The molecule has 1 N–H and O–H groups in total. The van der Waals surface area contributed by atoms with Crippen molar-refractivity contribution in [2.75, 3.05) is 11.6 Å². The molecule has 0 aliphatic carbocycles. The molecule has 0 saturated carbocycles. The minimum absolute atomic E-state index is 0.155. The number of benzene rings is 1. The standard InChI is InChI=1S/C14H18NS3/c1-8-5-6-10-9(7-8)11-12(14(2,3)15-10)17-18-13(11)16-4/h5-7,11-12,15H,1-4H3/q+1/t11-,12+/m1/s1. The number of anilines is 1. The summed E-state index contributed by atoms with van der Waals surface area (Å²) in [6, 6.07) is 6.81. The molecule has 0 unspecified atom stereocenters. The number of hydrogen-bond acceptors (Lipinski definition) is 3. The van der Waals surface area contributed by atoms with E-state index in [-0.39, 0.29) is 5.54 Å². The third kappa shape index (κ3) is 1.89. The van der Waals surface area contributed by atoms with E-state index in [1.807, 2.05) is 32.9 Å². The lowest BCUT2D eigenvalue weighted by Crippen LogP contribution is -2.48. The molecule has 0 aromatic heterocycles. The van der Waals surface area contributed by atoms with Crippen molar-refractivity contribution in [1.82, 2.24) is 0 Å². The van der Waals surface area contributed by atoms with Crippen LogP contribution in [0.4, 0.5) is 5.69 Å². The fourth-order valence-electron chi connectivity index (χ4n) is 2.79. The van der Waals surface area contributed by atoms with Crippen LogP contribution in [-0.4, -0.2) is 21.2 Å². The van der Waals surface area contributed by atoms with E-state index in [1.54, 1.807) is 4.20 Å². The molecule has 2 heterocycles. The highest BCUT2D eigenvalue weighted by Gasteiger charge is 2.51. The van der Waals surface area contributed by atoms with Crippen molar-refractivity contribution >= 4 is 42.8 Å². The monoisotopic (exact) mass is 296 g/mol. The summed E-state index contributed by atoms with van der Waals surface area (Å²) in [4.78, 5) is 0. The van der Waals surface area contributed by atoms with Crippen molar-refractivity contribution in [2.24, 2.45) is 0 Å².